The molecule has 17 nitrogen and oxygen atoms in total. The molecule has 52 heavy (non-hydrogen) atoms. The molecular weight excluding hydrogens is 672 g/mol. The summed E-state index contributed by atoms with van der Waals surface area (Å²) in [6.45, 7) is 3.58. The third-order valence-electron chi connectivity index (χ3n) is 9.09. The molecule has 8 rings (SSSR count). The Morgan fingerprint density at radius 1 is 0.808 bits per heavy atom. The van der Waals surface area contributed by atoms with E-state index in [2.05, 4.69) is 35.1 Å². The molecular formula is C35H40N10O7. The van der Waals surface area contributed by atoms with Crippen molar-refractivity contribution < 1.29 is 23.9 Å². The first-order valence-electron chi connectivity index (χ1n) is 16.6. The summed E-state index contributed by atoms with van der Waals surface area (Å²) in [5.41, 5.74) is 7.74. The number of nitrogen functional groups attached to an aromatic ring is 1. The van der Waals surface area contributed by atoms with Gasteiger partial charge in [-0.2, -0.15) is 0 Å². The molecule has 17 heteroatoms. The molecule has 0 saturated carbocycles. The number of fused-ring (bicyclic) bond motifs is 8. The van der Waals surface area contributed by atoms with Gasteiger partial charge < -0.3 is 44.8 Å². The summed E-state index contributed by atoms with van der Waals surface area (Å²) in [5, 5.41) is 6.03. The Morgan fingerprint density at radius 2 is 1.42 bits per heavy atom. The maximum Gasteiger partial charge on any atom is 0.356 e. The first-order chi connectivity index (χ1) is 24.9. The Bertz CT molecular complexity index is 2130. The lowest BCUT2D eigenvalue weighted by Crippen LogP contribution is -2.48. The molecule has 4 aromatic rings. The van der Waals surface area contributed by atoms with E-state index in [1.54, 1.807) is 59.2 Å². The molecule has 4 aromatic heterocycles. The first-order valence-corrected chi connectivity index (χ1v) is 16.6. The zero-order valence-electron chi connectivity index (χ0n) is 29.2. The van der Waals surface area contributed by atoms with Crippen molar-refractivity contribution in [1.82, 2.24) is 19.1 Å². The number of aryl methyl sites for hydroxylation is 2. The lowest BCUT2D eigenvalue weighted by molar-refractivity contribution is 0.0585. The van der Waals surface area contributed by atoms with E-state index in [4.69, 9.17) is 10.5 Å². The van der Waals surface area contributed by atoms with Gasteiger partial charge in [0.25, 0.3) is 0 Å². The first kappa shape index (κ1) is 35.4. The fraction of sp³-hybridized carbons (Fsp3) is 0.343. The van der Waals surface area contributed by atoms with Gasteiger partial charge in [-0.25, -0.2) is 24.4 Å². The minimum absolute atomic E-state index is 0.0783. The van der Waals surface area contributed by atoms with Gasteiger partial charge in [0.1, 0.15) is 5.69 Å². The number of pyridine rings is 4. The van der Waals surface area contributed by atoms with Crippen molar-refractivity contribution in [2.24, 2.45) is 14.1 Å². The average Bonchev–Trinajstić information content (AvgIpc) is 3.75. The second kappa shape index (κ2) is 14.8. The van der Waals surface area contributed by atoms with Crippen LogP contribution < -0.4 is 41.9 Å². The van der Waals surface area contributed by atoms with Crippen molar-refractivity contribution in [1.29, 1.82) is 0 Å². The van der Waals surface area contributed by atoms with E-state index in [9.17, 15) is 24.0 Å². The molecule has 272 valence electrons. The predicted octanol–water partition coefficient (Wildman–Crippen LogP) is 2.04. The molecule has 4 aliphatic heterocycles. The SMILES string of the molecule is COC(=O)c1ccc2c(n1)N(C(=O)Nc1cn(C)ccc1=O)[C@H]1CCN2C1.COC(=O)c1ccc2c(n1)N[C@H]1CCN2C1.Cn1ccc(=O)c(N)c1. The second-order valence-corrected chi connectivity index (χ2v) is 12.7. The van der Waals surface area contributed by atoms with Crippen molar-refractivity contribution in [2.45, 2.75) is 24.9 Å². The van der Waals surface area contributed by atoms with Crippen molar-refractivity contribution in [2.75, 3.05) is 71.5 Å². The number of esters is 2. The van der Waals surface area contributed by atoms with Gasteiger partial charge in [0.2, 0.25) is 10.9 Å². The Morgan fingerprint density at radius 3 is 2.10 bits per heavy atom. The Balaban J connectivity index is 0.000000155. The Hall–Kier alpha value is -6.39. The summed E-state index contributed by atoms with van der Waals surface area (Å²) in [7, 11) is 6.23. The summed E-state index contributed by atoms with van der Waals surface area (Å²) < 4.78 is 12.8. The summed E-state index contributed by atoms with van der Waals surface area (Å²) in [5.74, 6) is 0.245. The lowest BCUT2D eigenvalue weighted by atomic mass is 10.1. The van der Waals surface area contributed by atoms with E-state index >= 15 is 0 Å². The van der Waals surface area contributed by atoms with Crippen LogP contribution in [0, 0.1) is 0 Å². The highest BCUT2D eigenvalue weighted by molar-refractivity contribution is 6.05. The van der Waals surface area contributed by atoms with Crippen LogP contribution in [0.5, 0.6) is 0 Å². The molecule has 4 aliphatic rings. The van der Waals surface area contributed by atoms with Gasteiger partial charge in [0.05, 0.1) is 37.3 Å². The van der Waals surface area contributed by atoms with Gasteiger partial charge in [-0.1, -0.05) is 0 Å². The largest absolute Gasteiger partial charge is 0.464 e. The number of carbonyl (C=O) groups is 3. The van der Waals surface area contributed by atoms with E-state index in [-0.39, 0.29) is 28.3 Å². The van der Waals surface area contributed by atoms with E-state index in [1.807, 2.05) is 13.1 Å². The molecule has 2 atom stereocenters. The highest BCUT2D eigenvalue weighted by Crippen LogP contribution is 2.39. The van der Waals surface area contributed by atoms with Crippen molar-refractivity contribution in [3.8, 4) is 0 Å². The van der Waals surface area contributed by atoms with Crippen molar-refractivity contribution >= 4 is 52.4 Å². The summed E-state index contributed by atoms with van der Waals surface area (Å²) in [6.07, 6.45) is 8.34. The van der Waals surface area contributed by atoms with Gasteiger partial charge in [-0.15, -0.1) is 0 Å². The van der Waals surface area contributed by atoms with Crippen LogP contribution in [0.4, 0.5) is 39.2 Å². The van der Waals surface area contributed by atoms with Crippen LogP contribution in [0.1, 0.15) is 33.8 Å². The van der Waals surface area contributed by atoms with Crippen LogP contribution in [-0.2, 0) is 23.6 Å². The number of carbonyl (C=O) groups excluding carboxylic acids is 3. The molecule has 4 N–H and O–H groups in total. The van der Waals surface area contributed by atoms with Gasteiger partial charge in [0.15, 0.2) is 23.0 Å². The van der Waals surface area contributed by atoms with Crippen LogP contribution in [0.2, 0.25) is 0 Å². The average molecular weight is 713 g/mol. The molecule has 4 bridgehead atoms. The minimum atomic E-state index is -0.567. The molecule has 2 amide bonds. The lowest BCUT2D eigenvalue weighted by Gasteiger charge is -2.35. The quantitative estimate of drug-likeness (QED) is 0.261. The van der Waals surface area contributed by atoms with E-state index in [0.29, 0.717) is 29.8 Å². The Kier molecular flexibility index (Phi) is 10.1. The van der Waals surface area contributed by atoms with Crippen LogP contribution >= 0.6 is 0 Å². The molecule has 0 aliphatic carbocycles. The number of hydrogen-bond donors (Lipinski definition) is 3. The van der Waals surface area contributed by atoms with Crippen molar-refractivity contribution in [3.05, 3.63) is 93.0 Å². The van der Waals surface area contributed by atoms with Crippen molar-refractivity contribution in [3.63, 3.8) is 0 Å². The predicted molar refractivity (Wildman–Crippen MR) is 195 cm³/mol. The summed E-state index contributed by atoms with van der Waals surface area (Å²) in [6, 6.07) is 9.79. The van der Waals surface area contributed by atoms with E-state index in [0.717, 1.165) is 49.7 Å². The number of nitrogens with one attached hydrogen (secondary N) is 2. The third-order valence-corrected chi connectivity index (χ3v) is 9.09. The number of rotatable bonds is 3. The fourth-order valence-corrected chi connectivity index (χ4v) is 6.47. The number of ether oxygens (including phenoxy) is 2. The molecule has 0 spiro atoms. The highest BCUT2D eigenvalue weighted by Gasteiger charge is 2.41. The zero-order valence-corrected chi connectivity index (χ0v) is 29.2. The van der Waals surface area contributed by atoms with Crippen LogP contribution in [-0.4, -0.2) is 89.6 Å². The molecule has 0 unspecified atom stereocenters. The normalized spacial score (nSPS) is 17.3. The van der Waals surface area contributed by atoms with Gasteiger partial charge in [-0.3, -0.25) is 14.5 Å². The monoisotopic (exact) mass is 712 g/mol. The van der Waals surface area contributed by atoms with Gasteiger partial charge in [-0.05, 0) is 37.1 Å². The second-order valence-electron chi connectivity index (χ2n) is 12.7. The molecule has 0 radical (unpaired) electrons. The molecule has 0 aromatic carbocycles. The smallest absolute Gasteiger partial charge is 0.356 e. The number of anilines is 6. The maximum absolute atomic E-state index is 13.0. The number of hydrogen-bond acceptors (Lipinski definition) is 13. The molecule has 2 saturated heterocycles. The van der Waals surface area contributed by atoms with E-state index < -0.39 is 18.0 Å². The van der Waals surface area contributed by atoms with Crippen LogP contribution in [0.15, 0.2) is 70.8 Å². The topological polar surface area (TPSA) is 199 Å². The number of nitrogens with zero attached hydrogens (tertiary/aromatic N) is 7. The van der Waals surface area contributed by atoms with E-state index in [1.165, 1.54) is 31.3 Å². The van der Waals surface area contributed by atoms with Gasteiger partial charge >= 0.3 is 18.0 Å². The van der Waals surface area contributed by atoms with Crippen LogP contribution in [0.25, 0.3) is 0 Å². The maximum atomic E-state index is 13.0. The number of methoxy groups -OCH3 is 2. The van der Waals surface area contributed by atoms with Crippen LogP contribution in [0.3, 0.4) is 0 Å². The van der Waals surface area contributed by atoms with Gasteiger partial charge in [0, 0.05) is 83.2 Å². The number of nitrogens with two attached hydrogens (primary N) is 1. The summed E-state index contributed by atoms with van der Waals surface area (Å²) in [4.78, 5) is 73.6. The zero-order chi connectivity index (χ0) is 37.1. The number of amides is 2. The number of aromatic nitrogens is 4. The fourth-order valence-electron chi connectivity index (χ4n) is 6.47. The summed E-state index contributed by atoms with van der Waals surface area (Å²) >= 11 is 0. The Labute approximate surface area is 298 Å². The molecule has 2 fully saturated rings. The molecule has 8 heterocycles. The standard InChI is InChI=1S/C18H19N5O4.C11H13N3O2.C6H8N2O/c1-21-7-6-15(24)13(10-21)20-18(26)23-11-5-8-22(9-11)14-4-3-12(17(25)27-2)19-16(14)23;1-16-11(15)8-2-3-9-10(13-8)12-7-4-5-14(9)6-7;1-8-3-2-6(9)5(7)4-8/h3-4,6-7,10-11H,5,8-9H2,1-2H3,(H,20,26);2-3,7H,4-6H2,1H3,(H,12,13);2-4H,7H2,1H3/t11-;7-;/m00./s1. The number of urea groups is 1. The minimum Gasteiger partial charge on any atom is -0.464 e. The highest BCUT2D eigenvalue weighted by atomic mass is 16.5. The third kappa shape index (κ3) is 7.38.